The van der Waals surface area contributed by atoms with Crippen LogP contribution >= 0.6 is 0 Å². The number of nitrogens with zero attached hydrogens (tertiary/aromatic N) is 2. The normalized spacial score (nSPS) is 15.3. The zero-order valence-electron chi connectivity index (χ0n) is 23.8. The molecule has 1 aromatic heterocycles. The van der Waals surface area contributed by atoms with Crippen molar-refractivity contribution in [2.45, 2.75) is 59.3 Å². The van der Waals surface area contributed by atoms with Crippen molar-refractivity contribution < 1.29 is 14.0 Å². The highest BCUT2D eigenvalue weighted by atomic mass is 16.4. The Morgan fingerprint density at radius 3 is 2.25 bits per heavy atom. The Hall–Kier alpha value is -3.99. The molecule has 0 N–H and O–H groups in total. The van der Waals surface area contributed by atoms with Gasteiger partial charge in [0.2, 0.25) is 5.78 Å². The topological polar surface area (TPSA) is 63.4 Å². The number of benzene rings is 3. The monoisotopic (exact) mass is 534 g/mol. The van der Waals surface area contributed by atoms with E-state index in [1.165, 1.54) is 12.0 Å². The number of oxazole rings is 1. The third-order valence-corrected chi connectivity index (χ3v) is 7.81. The number of Topliss-reactive ketones (excluding diaryl/α,β-unsaturated/α-hetero) is 2. The second-order valence-electron chi connectivity index (χ2n) is 11.1. The Labute approximate surface area is 237 Å². The van der Waals surface area contributed by atoms with Crippen molar-refractivity contribution in [2.24, 2.45) is 5.92 Å². The second-order valence-corrected chi connectivity index (χ2v) is 11.1. The van der Waals surface area contributed by atoms with E-state index in [9.17, 15) is 9.59 Å². The number of hydrogen-bond acceptors (Lipinski definition) is 5. The van der Waals surface area contributed by atoms with Gasteiger partial charge in [-0.2, -0.15) is 4.98 Å². The standard InChI is InChI=1S/C35H38N2O3/c1-4-8-27-10-5-6-11-31(27)22-32(38)30-18-16-29(17-19-30)28-14-12-26(13-15-28)21-33(39)34-25(3)36-35(40-34)37-20-7-9-24(2)23-37/h5-6,10-19,24H,4,7-9,20-23H2,1-3H3. The largest absolute Gasteiger partial charge is 0.420 e. The molecule has 2 heterocycles. The first kappa shape index (κ1) is 27.6. The van der Waals surface area contributed by atoms with Crippen LogP contribution in [0.1, 0.15) is 76.4 Å². The summed E-state index contributed by atoms with van der Waals surface area (Å²) in [4.78, 5) is 32.7. The highest BCUT2D eigenvalue weighted by molar-refractivity contribution is 5.98. The zero-order chi connectivity index (χ0) is 28.1. The van der Waals surface area contributed by atoms with Gasteiger partial charge >= 0.3 is 0 Å². The van der Waals surface area contributed by atoms with Crippen molar-refractivity contribution in [1.82, 2.24) is 4.98 Å². The first-order valence-corrected chi connectivity index (χ1v) is 14.5. The number of piperidine rings is 1. The number of anilines is 1. The lowest BCUT2D eigenvalue weighted by Crippen LogP contribution is -2.34. The van der Waals surface area contributed by atoms with Crippen LogP contribution in [0.25, 0.3) is 11.1 Å². The number of aromatic nitrogens is 1. The molecule has 5 rings (SSSR count). The number of hydrogen-bond donors (Lipinski definition) is 0. The molecule has 3 aromatic carbocycles. The highest BCUT2D eigenvalue weighted by Gasteiger charge is 2.24. The predicted octanol–water partition coefficient (Wildman–Crippen LogP) is 7.69. The van der Waals surface area contributed by atoms with Gasteiger partial charge in [0, 0.05) is 31.5 Å². The summed E-state index contributed by atoms with van der Waals surface area (Å²) in [6.07, 6.45) is 5.06. The summed E-state index contributed by atoms with van der Waals surface area (Å²) in [5, 5.41) is 0. The van der Waals surface area contributed by atoms with Crippen molar-refractivity contribution >= 4 is 17.6 Å². The van der Waals surface area contributed by atoms with E-state index >= 15 is 0 Å². The van der Waals surface area contributed by atoms with Crippen LogP contribution in [0.5, 0.6) is 0 Å². The van der Waals surface area contributed by atoms with Crippen LogP contribution in [0.3, 0.4) is 0 Å². The average molecular weight is 535 g/mol. The minimum Gasteiger partial charge on any atom is -0.420 e. The Balaban J connectivity index is 1.21. The summed E-state index contributed by atoms with van der Waals surface area (Å²) in [5.74, 6) is 1.03. The van der Waals surface area contributed by atoms with Crippen LogP contribution in [0.15, 0.2) is 77.2 Å². The Morgan fingerprint density at radius 2 is 1.57 bits per heavy atom. The maximum Gasteiger partial charge on any atom is 0.298 e. The third kappa shape index (κ3) is 6.41. The summed E-state index contributed by atoms with van der Waals surface area (Å²) in [6.45, 7) is 8.07. The van der Waals surface area contributed by atoms with Gasteiger partial charge in [0.1, 0.15) is 0 Å². The fraction of sp³-hybridized carbons (Fsp3) is 0.343. The van der Waals surface area contributed by atoms with Gasteiger partial charge in [0.25, 0.3) is 6.01 Å². The molecular weight excluding hydrogens is 496 g/mol. The average Bonchev–Trinajstić information content (AvgIpc) is 3.36. The minimum atomic E-state index is -0.0579. The molecule has 1 saturated heterocycles. The molecule has 1 fully saturated rings. The van der Waals surface area contributed by atoms with Gasteiger partial charge in [-0.25, -0.2) is 0 Å². The van der Waals surface area contributed by atoms with E-state index in [-0.39, 0.29) is 18.0 Å². The summed E-state index contributed by atoms with van der Waals surface area (Å²) in [7, 11) is 0. The Bertz CT molecular complexity index is 1470. The van der Waals surface area contributed by atoms with Gasteiger partial charge in [0.05, 0.1) is 5.69 Å². The van der Waals surface area contributed by atoms with E-state index in [4.69, 9.17) is 4.42 Å². The third-order valence-electron chi connectivity index (χ3n) is 7.81. The molecule has 1 unspecified atom stereocenters. The molecular formula is C35H38N2O3. The van der Waals surface area contributed by atoms with Gasteiger partial charge < -0.3 is 9.32 Å². The van der Waals surface area contributed by atoms with E-state index < -0.39 is 0 Å². The second kappa shape index (κ2) is 12.5. The van der Waals surface area contributed by atoms with Crippen LogP contribution in [-0.4, -0.2) is 29.6 Å². The van der Waals surface area contributed by atoms with Crippen molar-refractivity contribution in [2.75, 3.05) is 18.0 Å². The van der Waals surface area contributed by atoms with E-state index in [2.05, 4.69) is 35.9 Å². The smallest absolute Gasteiger partial charge is 0.298 e. The zero-order valence-corrected chi connectivity index (χ0v) is 23.8. The van der Waals surface area contributed by atoms with E-state index in [0.717, 1.165) is 60.2 Å². The molecule has 0 saturated carbocycles. The number of ketones is 2. The first-order chi connectivity index (χ1) is 19.4. The van der Waals surface area contributed by atoms with Crippen LogP contribution in [-0.2, 0) is 19.3 Å². The number of carbonyl (C=O) groups excluding carboxylic acids is 2. The summed E-state index contributed by atoms with van der Waals surface area (Å²) in [6, 6.07) is 24.6. The molecule has 1 aliphatic rings. The van der Waals surface area contributed by atoms with Gasteiger partial charge in [-0.1, -0.05) is 93.1 Å². The van der Waals surface area contributed by atoms with E-state index in [1.807, 2.05) is 67.6 Å². The molecule has 0 radical (unpaired) electrons. The SMILES string of the molecule is CCCc1ccccc1CC(=O)c1ccc(-c2ccc(CC(=O)c3oc(N4CCCC(C)C4)nc3C)cc2)cc1. The molecule has 5 nitrogen and oxygen atoms in total. The van der Waals surface area contributed by atoms with E-state index in [1.54, 1.807) is 0 Å². The van der Waals surface area contributed by atoms with Crippen LogP contribution in [0.2, 0.25) is 0 Å². The molecule has 4 aromatic rings. The van der Waals surface area contributed by atoms with Gasteiger partial charge in [0.15, 0.2) is 11.5 Å². The lowest BCUT2D eigenvalue weighted by atomic mass is 9.95. The van der Waals surface area contributed by atoms with Crippen LogP contribution in [0.4, 0.5) is 6.01 Å². The highest BCUT2D eigenvalue weighted by Crippen LogP contribution is 2.26. The number of rotatable bonds is 10. The van der Waals surface area contributed by atoms with Gasteiger partial charge in [-0.3, -0.25) is 9.59 Å². The molecule has 0 spiro atoms. The summed E-state index contributed by atoms with van der Waals surface area (Å²) < 4.78 is 5.95. The van der Waals surface area contributed by atoms with Crippen molar-refractivity contribution in [3.05, 3.63) is 107 Å². The molecule has 206 valence electrons. The number of carbonyl (C=O) groups is 2. The Kier molecular flexibility index (Phi) is 8.59. The molecule has 0 bridgehead atoms. The molecule has 1 aliphatic heterocycles. The fourth-order valence-corrected chi connectivity index (χ4v) is 5.59. The lowest BCUT2D eigenvalue weighted by molar-refractivity contribution is 0.0964. The predicted molar refractivity (Wildman–Crippen MR) is 160 cm³/mol. The molecule has 40 heavy (non-hydrogen) atoms. The lowest BCUT2D eigenvalue weighted by Gasteiger charge is -2.29. The maximum absolute atomic E-state index is 13.1. The quantitative estimate of drug-likeness (QED) is 0.195. The first-order valence-electron chi connectivity index (χ1n) is 14.5. The van der Waals surface area contributed by atoms with Crippen molar-refractivity contribution in [1.29, 1.82) is 0 Å². The molecule has 0 amide bonds. The minimum absolute atomic E-state index is 0.0579. The maximum atomic E-state index is 13.1. The molecule has 0 aliphatic carbocycles. The number of aryl methyl sites for hydroxylation is 2. The van der Waals surface area contributed by atoms with Crippen LogP contribution in [0, 0.1) is 12.8 Å². The van der Waals surface area contributed by atoms with Crippen molar-refractivity contribution in [3.63, 3.8) is 0 Å². The Morgan fingerprint density at radius 1 is 0.900 bits per heavy atom. The summed E-state index contributed by atoms with van der Waals surface area (Å²) >= 11 is 0. The summed E-state index contributed by atoms with van der Waals surface area (Å²) in [5.41, 5.74) is 6.74. The van der Waals surface area contributed by atoms with Gasteiger partial charge in [-0.15, -0.1) is 0 Å². The molecule has 5 heteroatoms. The van der Waals surface area contributed by atoms with Crippen molar-refractivity contribution in [3.8, 4) is 11.1 Å². The molecule has 1 atom stereocenters. The van der Waals surface area contributed by atoms with Gasteiger partial charge in [-0.05, 0) is 59.9 Å². The fourth-order valence-electron chi connectivity index (χ4n) is 5.59. The van der Waals surface area contributed by atoms with E-state index in [0.29, 0.717) is 29.8 Å². The van der Waals surface area contributed by atoms with Crippen LogP contribution < -0.4 is 4.90 Å².